The fourth-order valence-corrected chi connectivity index (χ4v) is 5.79. The number of benzene rings is 3. The van der Waals surface area contributed by atoms with Crippen LogP contribution in [0.5, 0.6) is 11.5 Å². The molecule has 2 saturated carbocycles. The summed E-state index contributed by atoms with van der Waals surface area (Å²) in [7, 11) is -5.23. The second-order valence-corrected chi connectivity index (χ2v) is 11.9. The van der Waals surface area contributed by atoms with E-state index in [1.165, 1.54) is 0 Å². The van der Waals surface area contributed by atoms with Crippen LogP contribution in [-0.2, 0) is 10.1 Å². The maximum atomic E-state index is 15.3. The molecule has 44 heavy (non-hydrogen) atoms. The topological polar surface area (TPSA) is 74.6 Å². The highest BCUT2D eigenvalue weighted by Gasteiger charge is 2.57. The summed E-state index contributed by atoms with van der Waals surface area (Å²) in [5.41, 5.74) is -1.25. The summed E-state index contributed by atoms with van der Waals surface area (Å²) < 4.78 is 160. The fourth-order valence-electron chi connectivity index (χ4n) is 4.82. The minimum atomic E-state index is -5.23. The zero-order chi connectivity index (χ0) is 31.9. The van der Waals surface area contributed by atoms with Crippen LogP contribution >= 0.6 is 0 Å². The molecule has 2 atom stereocenters. The summed E-state index contributed by atoms with van der Waals surface area (Å²) in [4.78, 5) is 12.2. The van der Waals surface area contributed by atoms with Crippen molar-refractivity contribution in [3.05, 3.63) is 93.3 Å². The van der Waals surface area contributed by atoms with Crippen LogP contribution in [0.25, 0.3) is 16.6 Å². The van der Waals surface area contributed by atoms with Gasteiger partial charge in [-0.25, -0.2) is 17.6 Å². The van der Waals surface area contributed by atoms with E-state index in [9.17, 15) is 48.3 Å². The van der Waals surface area contributed by atoms with Gasteiger partial charge in [0.25, 0.3) is 5.56 Å². The van der Waals surface area contributed by atoms with Crippen LogP contribution in [0.4, 0.5) is 39.5 Å². The van der Waals surface area contributed by atoms with Gasteiger partial charge in [0, 0.05) is 17.5 Å². The van der Waals surface area contributed by atoms with Crippen molar-refractivity contribution in [3.8, 4) is 17.2 Å². The molecule has 2 fully saturated rings. The van der Waals surface area contributed by atoms with Crippen LogP contribution in [-0.4, -0.2) is 25.3 Å². The summed E-state index contributed by atoms with van der Waals surface area (Å²) in [6.07, 6.45) is -3.96. The third kappa shape index (κ3) is 5.14. The molecule has 232 valence electrons. The number of ether oxygens (including phenoxy) is 1. The number of pyridine rings is 1. The number of alkyl halides is 3. The van der Waals surface area contributed by atoms with Crippen molar-refractivity contribution < 1.29 is 56.9 Å². The SMILES string of the molecule is O=c1ccc2cc(S(=O)(=O)Oc3c(F)c(F)c(F)c(F)c3F)ccc2n1-c1cc(F)c([C@H]2C[C@@H]2C(F)(F)F)cc1OC1CC1. The molecule has 6 nitrogen and oxygen atoms in total. The van der Waals surface area contributed by atoms with Gasteiger partial charge in [-0.3, -0.25) is 9.36 Å². The van der Waals surface area contributed by atoms with E-state index in [2.05, 4.69) is 4.18 Å². The number of hydrogen-bond donors (Lipinski definition) is 0. The molecule has 0 N–H and O–H groups in total. The third-order valence-corrected chi connectivity index (χ3v) is 8.48. The van der Waals surface area contributed by atoms with Gasteiger partial charge in [-0.15, -0.1) is 0 Å². The van der Waals surface area contributed by atoms with E-state index in [-0.39, 0.29) is 40.4 Å². The van der Waals surface area contributed by atoms with Crippen molar-refractivity contribution in [2.45, 2.75) is 42.4 Å². The van der Waals surface area contributed by atoms with E-state index in [1.807, 2.05) is 0 Å². The van der Waals surface area contributed by atoms with E-state index in [0.29, 0.717) is 12.8 Å². The fraction of sp³-hybridized carbons (Fsp3) is 0.250. The third-order valence-electron chi connectivity index (χ3n) is 7.26. The van der Waals surface area contributed by atoms with Crippen LogP contribution in [0.15, 0.2) is 52.2 Å². The van der Waals surface area contributed by atoms with Gasteiger partial charge in [-0.1, -0.05) is 0 Å². The minimum Gasteiger partial charge on any atom is -0.488 e. The normalized spacial score (nSPS) is 18.5. The molecular formula is C28H16F9NO5S. The van der Waals surface area contributed by atoms with Crippen molar-refractivity contribution in [1.29, 1.82) is 0 Å². The summed E-state index contributed by atoms with van der Waals surface area (Å²) in [5.74, 6) is -18.5. The Morgan fingerprint density at radius 1 is 0.818 bits per heavy atom. The molecule has 2 aliphatic carbocycles. The quantitative estimate of drug-likeness (QED) is 0.0954. The Bertz CT molecular complexity index is 1990. The van der Waals surface area contributed by atoms with E-state index in [0.717, 1.165) is 47.0 Å². The highest BCUT2D eigenvalue weighted by Crippen LogP contribution is 2.57. The van der Waals surface area contributed by atoms with Crippen LogP contribution in [0.3, 0.4) is 0 Å². The number of rotatable bonds is 7. The van der Waals surface area contributed by atoms with Crippen LogP contribution in [0.2, 0.25) is 0 Å². The molecule has 6 rings (SSSR count). The molecule has 4 aromatic rings. The summed E-state index contributed by atoms with van der Waals surface area (Å²) in [5, 5.41) is -0.0483. The molecule has 0 radical (unpaired) electrons. The van der Waals surface area contributed by atoms with Gasteiger partial charge in [-0.2, -0.15) is 30.4 Å². The molecule has 0 aliphatic heterocycles. The maximum Gasteiger partial charge on any atom is 0.392 e. The Labute approximate surface area is 241 Å². The first-order chi connectivity index (χ1) is 20.6. The van der Waals surface area contributed by atoms with Crippen LogP contribution in [0, 0.1) is 40.8 Å². The lowest BCUT2D eigenvalue weighted by molar-refractivity contribution is -0.148. The van der Waals surface area contributed by atoms with Crippen molar-refractivity contribution >= 4 is 21.0 Å². The van der Waals surface area contributed by atoms with Gasteiger partial charge in [0.1, 0.15) is 16.5 Å². The lowest BCUT2D eigenvalue weighted by Gasteiger charge is -2.18. The molecule has 2 aliphatic rings. The second kappa shape index (κ2) is 10.2. The minimum absolute atomic E-state index is 0.0483. The molecule has 0 saturated heterocycles. The van der Waals surface area contributed by atoms with Gasteiger partial charge in [0.15, 0.2) is 0 Å². The number of halogens is 9. The lowest BCUT2D eigenvalue weighted by atomic mass is 10.1. The van der Waals surface area contributed by atoms with Gasteiger partial charge >= 0.3 is 16.3 Å². The zero-order valence-electron chi connectivity index (χ0n) is 21.7. The summed E-state index contributed by atoms with van der Waals surface area (Å²) >= 11 is 0. The first kappa shape index (κ1) is 29.8. The average Bonchev–Trinajstić information content (AvgIpc) is 3.89. The number of fused-ring (bicyclic) bond motifs is 1. The highest BCUT2D eigenvalue weighted by atomic mass is 32.2. The molecule has 0 bridgehead atoms. The molecule has 3 aromatic carbocycles. The molecule has 16 heteroatoms. The largest absolute Gasteiger partial charge is 0.488 e. The molecule has 1 heterocycles. The van der Waals surface area contributed by atoms with Gasteiger partial charge < -0.3 is 8.92 Å². The predicted octanol–water partition coefficient (Wildman–Crippen LogP) is 6.80. The Balaban J connectivity index is 1.43. The molecule has 1 aromatic heterocycles. The monoisotopic (exact) mass is 649 g/mol. The van der Waals surface area contributed by atoms with Crippen molar-refractivity contribution in [3.63, 3.8) is 0 Å². The van der Waals surface area contributed by atoms with E-state index < -0.39 is 79.2 Å². The Kier molecular flexibility index (Phi) is 6.90. The predicted molar refractivity (Wildman–Crippen MR) is 134 cm³/mol. The molecule has 0 unspecified atom stereocenters. The molecular weight excluding hydrogens is 633 g/mol. The van der Waals surface area contributed by atoms with Crippen molar-refractivity contribution in [2.24, 2.45) is 5.92 Å². The second-order valence-electron chi connectivity index (χ2n) is 10.3. The average molecular weight is 649 g/mol. The first-order valence-corrected chi connectivity index (χ1v) is 14.2. The van der Waals surface area contributed by atoms with E-state index in [1.54, 1.807) is 0 Å². The van der Waals surface area contributed by atoms with Gasteiger partial charge in [-0.05, 0) is 61.1 Å². The summed E-state index contributed by atoms with van der Waals surface area (Å²) in [6, 6.07) is 6.73. The van der Waals surface area contributed by atoms with Crippen LogP contribution < -0.4 is 14.5 Å². The Morgan fingerprint density at radius 2 is 1.45 bits per heavy atom. The zero-order valence-corrected chi connectivity index (χ0v) is 22.5. The Hall–Kier alpha value is -4.21. The lowest BCUT2D eigenvalue weighted by Crippen LogP contribution is -2.20. The molecule has 0 spiro atoms. The van der Waals surface area contributed by atoms with Crippen molar-refractivity contribution in [1.82, 2.24) is 4.57 Å². The number of hydrogen-bond acceptors (Lipinski definition) is 5. The van der Waals surface area contributed by atoms with Crippen LogP contribution in [0.1, 0.15) is 30.7 Å². The Morgan fingerprint density at radius 3 is 2.05 bits per heavy atom. The van der Waals surface area contributed by atoms with E-state index >= 15 is 4.39 Å². The standard InChI is InChI=1S/C28H16F9NO5S/c29-17-10-19(20(42-12-2-3-12)9-15(17)14-8-16(14)28(35,36)37)38-18-5-4-13(7-11(18)1-6-21(38)39)44(40,41)43-27-25(33)23(31)22(30)24(32)26(27)34/h1,4-7,9-10,12,14,16H,2-3,8H2/t14-,16+/m1/s1. The first-order valence-electron chi connectivity index (χ1n) is 12.8. The highest BCUT2D eigenvalue weighted by molar-refractivity contribution is 7.87. The number of aromatic nitrogens is 1. The maximum absolute atomic E-state index is 15.3. The summed E-state index contributed by atoms with van der Waals surface area (Å²) in [6.45, 7) is 0. The van der Waals surface area contributed by atoms with Gasteiger partial charge in [0.2, 0.25) is 34.8 Å². The van der Waals surface area contributed by atoms with E-state index in [4.69, 9.17) is 4.74 Å². The molecule has 0 amide bonds. The van der Waals surface area contributed by atoms with Gasteiger partial charge in [0.05, 0.1) is 23.2 Å². The van der Waals surface area contributed by atoms with Crippen molar-refractivity contribution in [2.75, 3.05) is 0 Å². The smallest absolute Gasteiger partial charge is 0.392 e. The number of nitrogens with zero attached hydrogens (tertiary/aromatic N) is 1.